The summed E-state index contributed by atoms with van der Waals surface area (Å²) in [6.45, 7) is 2.64. The van der Waals surface area contributed by atoms with Gasteiger partial charge in [0.05, 0.1) is 5.03 Å². The lowest BCUT2D eigenvalue weighted by molar-refractivity contribution is 0.251. The molecular formula is C7H9F2N2S. The molecule has 0 fully saturated rings. The van der Waals surface area contributed by atoms with Crippen LogP contribution in [0.4, 0.5) is 8.78 Å². The highest BCUT2D eigenvalue weighted by Gasteiger charge is 2.09. The van der Waals surface area contributed by atoms with Crippen molar-refractivity contribution in [2.75, 3.05) is 0 Å². The molecule has 67 valence electrons. The van der Waals surface area contributed by atoms with Crippen LogP contribution in [-0.2, 0) is 6.54 Å². The zero-order valence-electron chi connectivity index (χ0n) is 6.63. The monoisotopic (exact) mass is 191 g/mol. The predicted octanol–water partition coefficient (Wildman–Crippen LogP) is 2.41. The Labute approximate surface area is 74.0 Å². The Morgan fingerprint density at radius 2 is 2.50 bits per heavy atom. The molecule has 1 aromatic rings. The molecule has 1 radical (unpaired) electrons. The van der Waals surface area contributed by atoms with E-state index >= 15 is 0 Å². The molecule has 0 aliphatic carbocycles. The van der Waals surface area contributed by atoms with Crippen LogP contribution in [0.15, 0.2) is 11.1 Å². The van der Waals surface area contributed by atoms with Gasteiger partial charge in [-0.05, 0) is 24.2 Å². The Morgan fingerprint density at radius 3 is 3.08 bits per heavy atom. The molecule has 1 aromatic heterocycles. The zero-order valence-corrected chi connectivity index (χ0v) is 7.44. The third-order valence-electron chi connectivity index (χ3n) is 1.27. The van der Waals surface area contributed by atoms with Gasteiger partial charge in [-0.15, -0.1) is 0 Å². The van der Waals surface area contributed by atoms with Crippen LogP contribution in [0.25, 0.3) is 0 Å². The van der Waals surface area contributed by atoms with Crippen molar-refractivity contribution >= 4 is 11.8 Å². The fraction of sp³-hybridized carbons (Fsp3) is 0.571. The van der Waals surface area contributed by atoms with Crippen LogP contribution >= 0.6 is 11.8 Å². The van der Waals surface area contributed by atoms with Crippen LogP contribution in [0.2, 0.25) is 0 Å². The molecule has 12 heavy (non-hydrogen) atoms. The molecule has 2 nitrogen and oxygen atoms in total. The largest absolute Gasteiger partial charge is 0.290 e. The Bertz CT molecular complexity index is 237. The van der Waals surface area contributed by atoms with Gasteiger partial charge < -0.3 is 0 Å². The predicted molar refractivity (Wildman–Crippen MR) is 43.2 cm³/mol. The maximum Gasteiger partial charge on any atom is 0.290 e. The first-order chi connectivity index (χ1) is 5.74. The fourth-order valence-corrected chi connectivity index (χ4v) is 1.39. The molecule has 0 atom stereocenters. The van der Waals surface area contributed by atoms with Crippen molar-refractivity contribution in [1.29, 1.82) is 0 Å². The van der Waals surface area contributed by atoms with Crippen LogP contribution in [0.3, 0.4) is 0 Å². The van der Waals surface area contributed by atoms with Gasteiger partial charge >= 0.3 is 0 Å². The maximum absolute atomic E-state index is 11.9. The Morgan fingerprint density at radius 1 is 1.75 bits per heavy atom. The molecule has 0 bridgehead atoms. The molecule has 0 aliphatic rings. The molecule has 0 amide bonds. The van der Waals surface area contributed by atoms with E-state index in [1.54, 1.807) is 0 Å². The Kier molecular flexibility index (Phi) is 3.52. The molecule has 0 spiro atoms. The summed E-state index contributed by atoms with van der Waals surface area (Å²) in [5.74, 6) is -2.38. The number of hydrogen-bond donors (Lipinski definition) is 0. The Balaban J connectivity index is 2.63. The molecule has 0 aromatic carbocycles. The number of thioether (sulfide) groups is 1. The number of aryl methyl sites for hydroxylation is 1. The van der Waals surface area contributed by atoms with E-state index in [4.69, 9.17) is 0 Å². The van der Waals surface area contributed by atoms with E-state index in [0.717, 1.165) is 6.42 Å². The van der Waals surface area contributed by atoms with Gasteiger partial charge in [0.15, 0.2) is 0 Å². The average molecular weight is 191 g/mol. The first kappa shape index (κ1) is 9.51. The summed E-state index contributed by atoms with van der Waals surface area (Å²) in [6.07, 6.45) is 3.43. The van der Waals surface area contributed by atoms with E-state index in [1.807, 2.05) is 6.92 Å². The van der Waals surface area contributed by atoms with Gasteiger partial charge in [-0.25, -0.2) is 0 Å². The highest BCUT2D eigenvalue weighted by atomic mass is 32.2. The van der Waals surface area contributed by atoms with E-state index < -0.39 is 5.76 Å². The summed E-state index contributed by atoms with van der Waals surface area (Å²) < 4.78 is 25.4. The van der Waals surface area contributed by atoms with Gasteiger partial charge in [-0.3, -0.25) is 4.68 Å². The minimum atomic E-state index is -2.38. The molecule has 0 saturated heterocycles. The van der Waals surface area contributed by atoms with Crippen molar-refractivity contribution in [2.24, 2.45) is 0 Å². The average Bonchev–Trinajstić information content (AvgIpc) is 2.37. The van der Waals surface area contributed by atoms with Crippen LogP contribution in [-0.4, -0.2) is 15.5 Å². The summed E-state index contributed by atoms with van der Waals surface area (Å²) in [7, 11) is 0. The summed E-state index contributed by atoms with van der Waals surface area (Å²) in [4.78, 5) is 0. The van der Waals surface area contributed by atoms with Crippen molar-refractivity contribution in [3.05, 3.63) is 12.3 Å². The molecule has 0 saturated carbocycles. The Hall–Kier alpha value is -0.580. The maximum atomic E-state index is 11.9. The molecule has 1 heterocycles. The van der Waals surface area contributed by atoms with Gasteiger partial charge in [0.25, 0.3) is 5.76 Å². The normalized spacial score (nSPS) is 11.0. The number of alkyl halides is 2. The first-order valence-corrected chi connectivity index (χ1v) is 4.50. The highest BCUT2D eigenvalue weighted by Crippen LogP contribution is 2.24. The SMILES string of the molecule is CCCn1n[c]cc1SC(F)F. The van der Waals surface area contributed by atoms with Gasteiger partial charge in [0.2, 0.25) is 0 Å². The lowest BCUT2D eigenvalue weighted by Crippen LogP contribution is -2.01. The van der Waals surface area contributed by atoms with Gasteiger partial charge in [-0.2, -0.15) is 13.9 Å². The zero-order chi connectivity index (χ0) is 8.97. The number of hydrogen-bond acceptors (Lipinski definition) is 2. The quantitative estimate of drug-likeness (QED) is 0.680. The van der Waals surface area contributed by atoms with E-state index in [0.29, 0.717) is 23.3 Å². The summed E-state index contributed by atoms with van der Waals surface area (Å²) in [6, 6.07) is 1.48. The van der Waals surface area contributed by atoms with Crippen LogP contribution in [0.1, 0.15) is 13.3 Å². The van der Waals surface area contributed by atoms with Crippen molar-refractivity contribution in [1.82, 2.24) is 9.78 Å². The van der Waals surface area contributed by atoms with Crippen LogP contribution in [0.5, 0.6) is 0 Å². The second kappa shape index (κ2) is 4.45. The number of nitrogens with zero attached hydrogens (tertiary/aromatic N) is 2. The molecule has 0 aliphatic heterocycles. The lowest BCUT2D eigenvalue weighted by Gasteiger charge is -2.03. The third kappa shape index (κ3) is 2.48. The summed E-state index contributed by atoms with van der Waals surface area (Å²) >= 11 is 0.508. The smallest absolute Gasteiger partial charge is 0.258 e. The van der Waals surface area contributed by atoms with Gasteiger partial charge in [0.1, 0.15) is 6.20 Å². The summed E-state index contributed by atoms with van der Waals surface area (Å²) in [5, 5.41) is 4.28. The molecular weight excluding hydrogens is 182 g/mol. The number of halogens is 2. The topological polar surface area (TPSA) is 17.8 Å². The van der Waals surface area contributed by atoms with Crippen molar-refractivity contribution < 1.29 is 8.78 Å². The van der Waals surface area contributed by atoms with E-state index in [1.165, 1.54) is 10.7 Å². The number of aromatic nitrogens is 2. The molecule has 0 unspecified atom stereocenters. The van der Waals surface area contributed by atoms with Crippen molar-refractivity contribution in [3.63, 3.8) is 0 Å². The third-order valence-corrected chi connectivity index (χ3v) is 2.01. The van der Waals surface area contributed by atoms with E-state index in [9.17, 15) is 8.78 Å². The molecule has 5 heteroatoms. The van der Waals surface area contributed by atoms with E-state index in [2.05, 4.69) is 11.3 Å². The van der Waals surface area contributed by atoms with E-state index in [-0.39, 0.29) is 0 Å². The highest BCUT2D eigenvalue weighted by molar-refractivity contribution is 7.99. The number of rotatable bonds is 4. The van der Waals surface area contributed by atoms with Gasteiger partial charge in [0, 0.05) is 6.54 Å². The molecule has 1 rings (SSSR count). The standard InChI is InChI=1S/C7H9F2N2S/c1-2-5-11-6(3-4-10-11)12-7(8)9/h3,7H,2,5H2,1H3. The first-order valence-electron chi connectivity index (χ1n) is 3.62. The molecule has 0 N–H and O–H groups in total. The van der Waals surface area contributed by atoms with Crippen LogP contribution in [0, 0.1) is 6.20 Å². The minimum Gasteiger partial charge on any atom is -0.258 e. The minimum absolute atomic E-state index is 0.479. The van der Waals surface area contributed by atoms with Crippen LogP contribution < -0.4 is 0 Å². The van der Waals surface area contributed by atoms with Crippen molar-refractivity contribution in [3.8, 4) is 0 Å². The summed E-state index contributed by atoms with van der Waals surface area (Å²) in [5.41, 5.74) is 0. The van der Waals surface area contributed by atoms with Crippen molar-refractivity contribution in [2.45, 2.75) is 30.7 Å². The second-order valence-corrected chi connectivity index (χ2v) is 3.22. The fourth-order valence-electron chi connectivity index (χ4n) is 0.836. The van der Waals surface area contributed by atoms with Gasteiger partial charge in [-0.1, -0.05) is 6.92 Å². The lowest BCUT2D eigenvalue weighted by atomic mass is 10.5. The second-order valence-electron chi connectivity index (χ2n) is 2.21.